The Morgan fingerprint density at radius 1 is 0.658 bits per heavy atom. The summed E-state index contributed by atoms with van der Waals surface area (Å²) in [4.78, 5) is 18.3. The summed E-state index contributed by atoms with van der Waals surface area (Å²) in [6.07, 6.45) is 29.0. The molecule has 38 heavy (non-hydrogen) atoms. The van der Waals surface area contributed by atoms with Gasteiger partial charge in [-0.1, -0.05) is 130 Å². The average molecular weight is 535 g/mol. The van der Waals surface area contributed by atoms with Gasteiger partial charge in [0.2, 0.25) is 5.91 Å². The van der Waals surface area contributed by atoms with Crippen LogP contribution in [0.3, 0.4) is 0 Å². The number of amides is 1. The van der Waals surface area contributed by atoms with Crippen molar-refractivity contribution in [1.82, 2.24) is 9.80 Å². The van der Waals surface area contributed by atoms with Crippen LogP contribution in [0.15, 0.2) is 0 Å². The molecule has 3 heteroatoms. The lowest BCUT2D eigenvalue weighted by Crippen LogP contribution is -2.42. The van der Waals surface area contributed by atoms with Crippen molar-refractivity contribution in [3.63, 3.8) is 0 Å². The van der Waals surface area contributed by atoms with Crippen molar-refractivity contribution in [2.24, 2.45) is 17.8 Å². The minimum absolute atomic E-state index is 0.259. The summed E-state index contributed by atoms with van der Waals surface area (Å²) in [5, 5.41) is 0. The second-order valence-electron chi connectivity index (χ2n) is 12.9. The molecule has 1 heterocycles. The number of unbranched alkanes of at least 4 members (excludes halogenated alkanes) is 12. The first-order valence-electron chi connectivity index (χ1n) is 17.5. The van der Waals surface area contributed by atoms with Crippen molar-refractivity contribution in [2.45, 2.75) is 169 Å². The number of hydrogen-bond acceptors (Lipinski definition) is 2. The highest BCUT2D eigenvalue weighted by Gasteiger charge is 2.26. The predicted octanol–water partition coefficient (Wildman–Crippen LogP) is 10.3. The Morgan fingerprint density at radius 2 is 1.08 bits per heavy atom. The second-order valence-corrected chi connectivity index (χ2v) is 12.9. The highest BCUT2D eigenvalue weighted by Crippen LogP contribution is 2.26. The van der Waals surface area contributed by atoms with E-state index in [9.17, 15) is 4.79 Å². The molecule has 3 nitrogen and oxygen atoms in total. The third-order valence-corrected chi connectivity index (χ3v) is 9.23. The van der Waals surface area contributed by atoms with E-state index in [0.29, 0.717) is 11.8 Å². The van der Waals surface area contributed by atoms with E-state index in [1.54, 1.807) is 0 Å². The van der Waals surface area contributed by atoms with Gasteiger partial charge in [-0.2, -0.15) is 0 Å². The van der Waals surface area contributed by atoms with Crippen molar-refractivity contribution < 1.29 is 4.79 Å². The fourth-order valence-electron chi connectivity index (χ4n) is 6.58. The summed E-state index contributed by atoms with van der Waals surface area (Å²) in [6, 6.07) is 0. The number of piperidine rings is 1. The molecule has 1 aliphatic rings. The SMILES string of the molecule is CCCCCCCC(CCCCCC)CN1CCC(CN(C)C(=O)C(CCCCC)CCCCCC)CC1. The Kier molecular flexibility index (Phi) is 22.6. The van der Waals surface area contributed by atoms with E-state index in [-0.39, 0.29) is 5.92 Å². The number of carbonyl (C=O) groups is 1. The van der Waals surface area contributed by atoms with E-state index in [1.165, 1.54) is 148 Å². The van der Waals surface area contributed by atoms with E-state index < -0.39 is 0 Å². The van der Waals surface area contributed by atoms with Crippen LogP contribution < -0.4 is 0 Å². The molecule has 2 atom stereocenters. The quantitative estimate of drug-likeness (QED) is 0.109. The van der Waals surface area contributed by atoms with Crippen LogP contribution in [0, 0.1) is 17.8 Å². The van der Waals surface area contributed by atoms with E-state index in [0.717, 1.165) is 25.3 Å². The Morgan fingerprint density at radius 3 is 1.61 bits per heavy atom. The molecule has 0 aromatic carbocycles. The smallest absolute Gasteiger partial charge is 0.225 e. The largest absolute Gasteiger partial charge is 0.345 e. The van der Waals surface area contributed by atoms with E-state index in [2.05, 4.69) is 44.5 Å². The number of likely N-dealkylation sites (tertiary alicyclic amines) is 1. The van der Waals surface area contributed by atoms with Crippen LogP contribution in [0.2, 0.25) is 0 Å². The molecule has 0 spiro atoms. The lowest BCUT2D eigenvalue weighted by molar-refractivity contribution is -0.135. The Labute approximate surface area is 240 Å². The van der Waals surface area contributed by atoms with Crippen molar-refractivity contribution in [3.8, 4) is 0 Å². The lowest BCUT2D eigenvalue weighted by atomic mass is 9.90. The standard InChI is InChI=1S/C35H70N2O/c1-6-10-14-17-20-23-32(22-19-15-11-7-2)31-37-28-26-33(27-29-37)30-36(5)35(38)34(24-18-13-9-4)25-21-16-12-8-3/h32-34H,6-31H2,1-5H3. The van der Waals surface area contributed by atoms with Crippen molar-refractivity contribution in [1.29, 1.82) is 0 Å². The summed E-state index contributed by atoms with van der Waals surface area (Å²) in [6.45, 7) is 13.9. The molecule has 2 unspecified atom stereocenters. The van der Waals surface area contributed by atoms with Gasteiger partial charge in [0.25, 0.3) is 0 Å². The van der Waals surface area contributed by atoms with Gasteiger partial charge >= 0.3 is 0 Å². The zero-order chi connectivity index (χ0) is 27.8. The zero-order valence-corrected chi connectivity index (χ0v) is 26.9. The Bertz CT molecular complexity index is 528. The van der Waals surface area contributed by atoms with Crippen LogP contribution >= 0.6 is 0 Å². The first kappa shape index (κ1) is 35.5. The van der Waals surface area contributed by atoms with Crippen LogP contribution in [-0.2, 0) is 4.79 Å². The van der Waals surface area contributed by atoms with Crippen LogP contribution in [0.5, 0.6) is 0 Å². The van der Waals surface area contributed by atoms with Gasteiger partial charge in [-0.05, 0) is 63.5 Å². The summed E-state index contributed by atoms with van der Waals surface area (Å²) in [7, 11) is 2.10. The first-order chi connectivity index (χ1) is 18.5. The predicted molar refractivity (Wildman–Crippen MR) is 169 cm³/mol. The normalized spacial score (nSPS) is 16.6. The van der Waals surface area contributed by atoms with Gasteiger partial charge in [-0.3, -0.25) is 4.79 Å². The van der Waals surface area contributed by atoms with Gasteiger partial charge in [-0.15, -0.1) is 0 Å². The number of nitrogens with zero attached hydrogens (tertiary/aromatic N) is 2. The van der Waals surface area contributed by atoms with Crippen LogP contribution in [0.4, 0.5) is 0 Å². The molecule has 1 amide bonds. The van der Waals surface area contributed by atoms with Gasteiger partial charge in [-0.25, -0.2) is 0 Å². The zero-order valence-electron chi connectivity index (χ0n) is 26.9. The van der Waals surface area contributed by atoms with E-state index in [4.69, 9.17) is 0 Å². The van der Waals surface area contributed by atoms with E-state index in [1.807, 2.05) is 0 Å². The van der Waals surface area contributed by atoms with Crippen LogP contribution in [-0.4, -0.2) is 48.9 Å². The molecule has 0 bridgehead atoms. The summed E-state index contributed by atoms with van der Waals surface area (Å²) in [5.74, 6) is 2.28. The minimum Gasteiger partial charge on any atom is -0.345 e. The molecule has 226 valence electrons. The molecule has 0 radical (unpaired) electrons. The van der Waals surface area contributed by atoms with E-state index >= 15 is 0 Å². The third kappa shape index (κ3) is 17.2. The van der Waals surface area contributed by atoms with Gasteiger partial charge in [0, 0.05) is 26.1 Å². The van der Waals surface area contributed by atoms with Gasteiger partial charge in [0.05, 0.1) is 0 Å². The van der Waals surface area contributed by atoms with Crippen molar-refractivity contribution in [3.05, 3.63) is 0 Å². The second kappa shape index (κ2) is 24.2. The summed E-state index contributed by atoms with van der Waals surface area (Å²) < 4.78 is 0. The average Bonchev–Trinajstić information content (AvgIpc) is 2.92. The van der Waals surface area contributed by atoms with Gasteiger partial charge in [0.1, 0.15) is 0 Å². The monoisotopic (exact) mass is 535 g/mol. The molecule has 0 N–H and O–H groups in total. The Hall–Kier alpha value is -0.570. The van der Waals surface area contributed by atoms with Gasteiger partial charge in [0.15, 0.2) is 0 Å². The molecular weight excluding hydrogens is 464 g/mol. The van der Waals surface area contributed by atoms with Gasteiger partial charge < -0.3 is 9.80 Å². The third-order valence-electron chi connectivity index (χ3n) is 9.23. The first-order valence-corrected chi connectivity index (χ1v) is 17.5. The van der Waals surface area contributed by atoms with Crippen molar-refractivity contribution in [2.75, 3.05) is 33.2 Å². The van der Waals surface area contributed by atoms with Crippen molar-refractivity contribution >= 4 is 5.91 Å². The molecular formula is C35H70N2O. The molecule has 1 saturated heterocycles. The number of hydrogen-bond donors (Lipinski definition) is 0. The minimum atomic E-state index is 0.259. The molecule has 0 aromatic heterocycles. The molecule has 1 rings (SSSR count). The molecule has 0 aliphatic carbocycles. The fourth-order valence-corrected chi connectivity index (χ4v) is 6.58. The number of rotatable bonds is 25. The van der Waals surface area contributed by atoms with Crippen LogP contribution in [0.25, 0.3) is 0 Å². The highest BCUT2D eigenvalue weighted by molar-refractivity contribution is 5.78. The topological polar surface area (TPSA) is 23.6 Å². The summed E-state index contributed by atoms with van der Waals surface area (Å²) >= 11 is 0. The van der Waals surface area contributed by atoms with Crippen LogP contribution in [0.1, 0.15) is 169 Å². The maximum absolute atomic E-state index is 13.4. The lowest BCUT2D eigenvalue weighted by Gasteiger charge is -2.36. The molecule has 1 fully saturated rings. The maximum atomic E-state index is 13.4. The summed E-state index contributed by atoms with van der Waals surface area (Å²) in [5.41, 5.74) is 0. The maximum Gasteiger partial charge on any atom is 0.225 e. The fraction of sp³-hybridized carbons (Fsp3) is 0.971. The molecule has 0 saturated carbocycles. The Balaban J connectivity index is 2.47. The molecule has 0 aromatic rings. The highest BCUT2D eigenvalue weighted by atomic mass is 16.2. The molecule has 1 aliphatic heterocycles. The number of carbonyl (C=O) groups excluding carboxylic acids is 1.